The lowest BCUT2D eigenvalue weighted by molar-refractivity contribution is -0.138. The molecule has 0 saturated carbocycles. The van der Waals surface area contributed by atoms with E-state index >= 15 is 0 Å². The van der Waals surface area contributed by atoms with Crippen molar-refractivity contribution in [2.24, 2.45) is 0 Å². The molecule has 2 heterocycles. The molecule has 1 aromatic rings. The Morgan fingerprint density at radius 3 is 2.77 bits per heavy atom. The summed E-state index contributed by atoms with van der Waals surface area (Å²) in [7, 11) is 0. The van der Waals surface area contributed by atoms with Gasteiger partial charge in [0.05, 0.1) is 19.1 Å². The van der Waals surface area contributed by atoms with E-state index in [0.29, 0.717) is 37.9 Å². The van der Waals surface area contributed by atoms with Crippen LogP contribution in [0, 0.1) is 5.82 Å². The number of nitrogens with zero attached hydrogens (tertiary/aromatic N) is 2. The molecule has 0 aliphatic carbocycles. The molecular formula is C20H29FN2O3. The molecule has 1 aromatic carbocycles. The van der Waals surface area contributed by atoms with E-state index in [1.54, 1.807) is 12.1 Å². The molecule has 0 bridgehead atoms. The molecule has 0 aromatic heterocycles. The highest BCUT2D eigenvalue weighted by Gasteiger charge is 2.29. The zero-order chi connectivity index (χ0) is 18.5. The fourth-order valence-electron chi connectivity index (χ4n) is 3.61. The first-order valence-corrected chi connectivity index (χ1v) is 9.57. The first-order chi connectivity index (χ1) is 12.5. The number of hydrogen-bond acceptors (Lipinski definition) is 4. The van der Waals surface area contributed by atoms with Crippen LogP contribution in [-0.2, 0) is 9.53 Å². The summed E-state index contributed by atoms with van der Waals surface area (Å²) in [5.74, 6) is 0.419. The minimum absolute atomic E-state index is 0.0140. The normalized spacial score (nSPS) is 22.6. The molecule has 2 fully saturated rings. The smallest absolute Gasteiger partial charge is 0.225 e. The molecule has 6 heteroatoms. The molecule has 0 spiro atoms. The number of amides is 1. The topological polar surface area (TPSA) is 42.0 Å². The van der Waals surface area contributed by atoms with Crippen LogP contribution < -0.4 is 4.74 Å². The van der Waals surface area contributed by atoms with E-state index in [2.05, 4.69) is 18.7 Å². The minimum atomic E-state index is -0.293. The molecule has 3 rings (SSSR count). The van der Waals surface area contributed by atoms with Crippen LogP contribution in [0.25, 0.3) is 0 Å². The third kappa shape index (κ3) is 5.17. The van der Waals surface area contributed by atoms with Gasteiger partial charge in [-0.1, -0.05) is 6.07 Å². The van der Waals surface area contributed by atoms with Crippen molar-refractivity contribution < 1.29 is 18.7 Å². The second-order valence-electron chi connectivity index (χ2n) is 7.44. The first kappa shape index (κ1) is 19.1. The first-order valence-electron chi connectivity index (χ1n) is 9.57. The van der Waals surface area contributed by atoms with Gasteiger partial charge in [0, 0.05) is 51.1 Å². The average molecular weight is 364 g/mol. The molecule has 0 radical (unpaired) electrons. The van der Waals surface area contributed by atoms with Gasteiger partial charge < -0.3 is 14.4 Å². The van der Waals surface area contributed by atoms with Crippen LogP contribution in [0.2, 0.25) is 0 Å². The average Bonchev–Trinajstić information content (AvgIpc) is 2.62. The van der Waals surface area contributed by atoms with E-state index < -0.39 is 0 Å². The molecule has 26 heavy (non-hydrogen) atoms. The van der Waals surface area contributed by atoms with Crippen molar-refractivity contribution >= 4 is 5.91 Å². The molecule has 5 nitrogen and oxygen atoms in total. The third-order valence-corrected chi connectivity index (χ3v) is 5.20. The second kappa shape index (κ2) is 8.82. The van der Waals surface area contributed by atoms with E-state index in [1.807, 2.05) is 4.90 Å². The summed E-state index contributed by atoms with van der Waals surface area (Å²) in [5.41, 5.74) is 0. The van der Waals surface area contributed by atoms with Gasteiger partial charge in [-0.15, -0.1) is 0 Å². The van der Waals surface area contributed by atoms with Crippen molar-refractivity contribution in [2.75, 3.05) is 32.8 Å². The predicted octanol–water partition coefficient (Wildman–Crippen LogP) is 2.69. The van der Waals surface area contributed by atoms with E-state index in [-0.39, 0.29) is 23.9 Å². The van der Waals surface area contributed by atoms with Crippen LogP contribution in [0.4, 0.5) is 4.39 Å². The van der Waals surface area contributed by atoms with Crippen molar-refractivity contribution in [3.63, 3.8) is 0 Å². The summed E-state index contributed by atoms with van der Waals surface area (Å²) in [6, 6.07) is 6.70. The minimum Gasteiger partial charge on any atom is -0.490 e. The van der Waals surface area contributed by atoms with Crippen LogP contribution in [-0.4, -0.2) is 66.7 Å². The van der Waals surface area contributed by atoms with Crippen molar-refractivity contribution in [2.45, 2.75) is 51.4 Å². The molecule has 0 N–H and O–H groups in total. The number of likely N-dealkylation sites (tertiary alicyclic amines) is 1. The van der Waals surface area contributed by atoms with Crippen LogP contribution in [0.1, 0.15) is 33.1 Å². The van der Waals surface area contributed by atoms with E-state index in [9.17, 15) is 9.18 Å². The summed E-state index contributed by atoms with van der Waals surface area (Å²) < 4.78 is 24.9. The van der Waals surface area contributed by atoms with E-state index in [1.165, 1.54) is 12.1 Å². The highest BCUT2D eigenvalue weighted by Crippen LogP contribution is 2.21. The SMILES string of the molecule is CC(C)N1CCOC(CC(=O)N2CCC(Oc3cccc(F)c3)CC2)C1. The summed E-state index contributed by atoms with van der Waals surface area (Å²) in [4.78, 5) is 16.9. The molecule has 144 valence electrons. The van der Waals surface area contributed by atoms with Gasteiger partial charge in [-0.3, -0.25) is 9.69 Å². The van der Waals surface area contributed by atoms with Gasteiger partial charge in [-0.2, -0.15) is 0 Å². The van der Waals surface area contributed by atoms with Crippen molar-refractivity contribution in [1.82, 2.24) is 9.80 Å². The lowest BCUT2D eigenvalue weighted by Crippen LogP contribution is -2.48. The van der Waals surface area contributed by atoms with Crippen LogP contribution >= 0.6 is 0 Å². The number of carbonyl (C=O) groups is 1. The Morgan fingerprint density at radius 1 is 1.31 bits per heavy atom. The van der Waals surface area contributed by atoms with Crippen molar-refractivity contribution in [3.8, 4) is 5.75 Å². The highest BCUT2D eigenvalue weighted by atomic mass is 19.1. The number of benzene rings is 1. The number of carbonyl (C=O) groups excluding carboxylic acids is 1. The van der Waals surface area contributed by atoms with Crippen LogP contribution in [0.5, 0.6) is 5.75 Å². The Morgan fingerprint density at radius 2 is 2.08 bits per heavy atom. The van der Waals surface area contributed by atoms with E-state index in [4.69, 9.17) is 9.47 Å². The fraction of sp³-hybridized carbons (Fsp3) is 0.650. The quantitative estimate of drug-likeness (QED) is 0.806. The van der Waals surface area contributed by atoms with Crippen molar-refractivity contribution in [3.05, 3.63) is 30.1 Å². The summed E-state index contributed by atoms with van der Waals surface area (Å²) in [6.45, 7) is 8.16. The third-order valence-electron chi connectivity index (χ3n) is 5.20. The van der Waals surface area contributed by atoms with Crippen LogP contribution in [0.3, 0.4) is 0 Å². The van der Waals surface area contributed by atoms with Gasteiger partial charge in [0.25, 0.3) is 0 Å². The molecule has 2 aliphatic rings. The van der Waals surface area contributed by atoms with Crippen LogP contribution in [0.15, 0.2) is 24.3 Å². The van der Waals surface area contributed by atoms with Gasteiger partial charge in [0.2, 0.25) is 5.91 Å². The standard InChI is InChI=1S/C20H29FN2O3/c1-15(2)23-10-11-25-19(14-23)13-20(24)22-8-6-17(7-9-22)26-18-5-3-4-16(21)12-18/h3-5,12,15,17,19H,6-11,13-14H2,1-2H3. The highest BCUT2D eigenvalue weighted by molar-refractivity contribution is 5.76. The zero-order valence-corrected chi connectivity index (χ0v) is 15.7. The fourth-order valence-corrected chi connectivity index (χ4v) is 3.61. The second-order valence-corrected chi connectivity index (χ2v) is 7.44. The number of hydrogen-bond donors (Lipinski definition) is 0. The Hall–Kier alpha value is -1.66. The van der Waals surface area contributed by atoms with Gasteiger partial charge in [-0.05, 0) is 26.0 Å². The van der Waals surface area contributed by atoms with Gasteiger partial charge in [0.15, 0.2) is 0 Å². The summed E-state index contributed by atoms with van der Waals surface area (Å²) in [5, 5.41) is 0. The van der Waals surface area contributed by atoms with Gasteiger partial charge >= 0.3 is 0 Å². The predicted molar refractivity (Wildman–Crippen MR) is 97.7 cm³/mol. The zero-order valence-electron chi connectivity index (χ0n) is 15.7. The molecular weight excluding hydrogens is 335 g/mol. The van der Waals surface area contributed by atoms with Gasteiger partial charge in [0.1, 0.15) is 17.7 Å². The Balaban J connectivity index is 1.43. The number of piperidine rings is 1. The number of halogens is 1. The maximum atomic E-state index is 13.2. The lowest BCUT2D eigenvalue weighted by Gasteiger charge is -2.37. The maximum absolute atomic E-state index is 13.2. The molecule has 1 unspecified atom stereocenters. The summed E-state index contributed by atoms with van der Waals surface area (Å²) in [6.07, 6.45) is 2.00. The van der Waals surface area contributed by atoms with Crippen molar-refractivity contribution in [1.29, 1.82) is 0 Å². The molecule has 1 atom stereocenters. The molecule has 1 amide bonds. The molecule has 2 aliphatic heterocycles. The Labute approximate surface area is 155 Å². The number of morpholine rings is 1. The number of ether oxygens (including phenoxy) is 2. The van der Waals surface area contributed by atoms with E-state index in [0.717, 1.165) is 25.9 Å². The largest absolute Gasteiger partial charge is 0.490 e. The summed E-state index contributed by atoms with van der Waals surface area (Å²) >= 11 is 0. The lowest BCUT2D eigenvalue weighted by atomic mass is 10.1. The number of rotatable bonds is 5. The Bertz CT molecular complexity index is 602. The maximum Gasteiger partial charge on any atom is 0.225 e. The monoisotopic (exact) mass is 364 g/mol. The van der Waals surface area contributed by atoms with Gasteiger partial charge in [-0.25, -0.2) is 4.39 Å². The Kier molecular flexibility index (Phi) is 6.48. The molecule has 2 saturated heterocycles.